The van der Waals surface area contributed by atoms with Gasteiger partial charge in [-0.2, -0.15) is 0 Å². The van der Waals surface area contributed by atoms with E-state index in [9.17, 15) is 0 Å². The van der Waals surface area contributed by atoms with Gasteiger partial charge in [-0.15, -0.1) is 0 Å². The topological polar surface area (TPSA) is 12.0 Å². The first-order valence-corrected chi connectivity index (χ1v) is 9.02. The quantitative estimate of drug-likeness (QED) is 0.355. The second-order valence-corrected chi connectivity index (χ2v) is 6.10. The molecule has 0 heterocycles. The van der Waals surface area contributed by atoms with Crippen molar-refractivity contribution in [3.63, 3.8) is 0 Å². The molecule has 0 saturated heterocycles. The number of unbranched alkanes of at least 4 members (excludes halogenated alkanes) is 10. The zero-order valence-electron chi connectivity index (χ0n) is 14.0. The van der Waals surface area contributed by atoms with E-state index in [-0.39, 0.29) is 0 Å². The fourth-order valence-corrected chi connectivity index (χ4v) is 2.78. The van der Waals surface area contributed by atoms with Gasteiger partial charge < -0.3 is 5.32 Å². The molecule has 0 aliphatic carbocycles. The van der Waals surface area contributed by atoms with Crippen molar-refractivity contribution < 1.29 is 0 Å². The summed E-state index contributed by atoms with van der Waals surface area (Å²) < 4.78 is 0. The maximum absolute atomic E-state index is 3.50. The van der Waals surface area contributed by atoms with Crippen LogP contribution in [0.1, 0.15) is 104 Å². The first kappa shape index (κ1) is 19.0. The molecule has 0 aromatic carbocycles. The zero-order valence-corrected chi connectivity index (χ0v) is 14.0. The summed E-state index contributed by atoms with van der Waals surface area (Å²) in [5.74, 6) is 0. The molecular formula is C18H39N. The van der Waals surface area contributed by atoms with Crippen LogP contribution in [0.3, 0.4) is 0 Å². The van der Waals surface area contributed by atoms with Gasteiger partial charge in [0.1, 0.15) is 0 Å². The Bertz CT molecular complexity index is 156. The monoisotopic (exact) mass is 269 g/mol. The fourth-order valence-electron chi connectivity index (χ4n) is 2.78. The van der Waals surface area contributed by atoms with E-state index in [0.29, 0.717) is 0 Å². The minimum Gasteiger partial charge on any atom is -0.317 e. The van der Waals surface area contributed by atoms with Crippen molar-refractivity contribution in [3.8, 4) is 0 Å². The Hall–Kier alpha value is -0.0400. The van der Waals surface area contributed by atoms with Crippen LogP contribution in [0.4, 0.5) is 0 Å². The summed E-state index contributed by atoms with van der Waals surface area (Å²) in [6.07, 6.45) is 19.8. The molecule has 0 aliphatic rings. The number of hydrogen-bond acceptors (Lipinski definition) is 1. The summed E-state index contributed by atoms with van der Waals surface area (Å²) >= 11 is 0. The molecule has 0 rings (SSSR count). The second-order valence-electron chi connectivity index (χ2n) is 6.10. The highest BCUT2D eigenvalue weighted by Crippen LogP contribution is 2.13. The van der Waals surface area contributed by atoms with Crippen LogP contribution in [0.15, 0.2) is 0 Å². The summed E-state index contributed by atoms with van der Waals surface area (Å²) in [5.41, 5.74) is 0. The van der Waals surface area contributed by atoms with E-state index in [1.165, 1.54) is 89.9 Å². The average Bonchev–Trinajstić information content (AvgIpc) is 2.44. The molecule has 0 aliphatic heterocycles. The fraction of sp³-hybridized carbons (Fsp3) is 1.00. The number of hydrogen-bond donors (Lipinski definition) is 1. The lowest BCUT2D eigenvalue weighted by molar-refractivity contribution is 0.437. The molecule has 0 fully saturated rings. The molecule has 1 unspecified atom stereocenters. The van der Waals surface area contributed by atoms with Crippen molar-refractivity contribution in [2.75, 3.05) is 7.05 Å². The lowest BCUT2D eigenvalue weighted by Crippen LogP contribution is -2.24. The summed E-state index contributed by atoms with van der Waals surface area (Å²) in [4.78, 5) is 0. The van der Waals surface area contributed by atoms with E-state index in [2.05, 4.69) is 26.2 Å². The van der Waals surface area contributed by atoms with Gasteiger partial charge >= 0.3 is 0 Å². The van der Waals surface area contributed by atoms with Crippen molar-refractivity contribution in [2.24, 2.45) is 0 Å². The van der Waals surface area contributed by atoms with Gasteiger partial charge in [-0.1, -0.05) is 90.9 Å². The van der Waals surface area contributed by atoms with Gasteiger partial charge in [0.15, 0.2) is 0 Å². The molecule has 1 N–H and O–H groups in total. The van der Waals surface area contributed by atoms with Gasteiger partial charge in [0, 0.05) is 6.04 Å². The third kappa shape index (κ3) is 14.2. The molecule has 0 amide bonds. The van der Waals surface area contributed by atoms with E-state index in [1.807, 2.05) is 0 Å². The molecule has 1 nitrogen and oxygen atoms in total. The van der Waals surface area contributed by atoms with Crippen molar-refractivity contribution in [3.05, 3.63) is 0 Å². The Morgan fingerprint density at radius 3 is 1.37 bits per heavy atom. The Kier molecular flexibility index (Phi) is 16.0. The molecular weight excluding hydrogens is 230 g/mol. The van der Waals surface area contributed by atoms with Crippen LogP contribution in [-0.4, -0.2) is 13.1 Å². The van der Waals surface area contributed by atoms with Gasteiger partial charge in [-0.25, -0.2) is 0 Å². The van der Waals surface area contributed by atoms with Gasteiger partial charge in [0.2, 0.25) is 0 Å². The van der Waals surface area contributed by atoms with E-state index < -0.39 is 0 Å². The maximum atomic E-state index is 3.50. The predicted octanol–water partition coefficient (Wildman–Crippen LogP) is 6.08. The zero-order chi connectivity index (χ0) is 14.2. The standard InChI is InChI=1S/C18H39N/c1-4-6-8-10-11-12-13-15-17-18(19-3)16-14-9-7-5-2/h18-19H,4-17H2,1-3H3. The summed E-state index contributed by atoms with van der Waals surface area (Å²) in [7, 11) is 2.13. The van der Waals surface area contributed by atoms with Crippen LogP contribution in [-0.2, 0) is 0 Å². The van der Waals surface area contributed by atoms with Crippen molar-refractivity contribution in [1.82, 2.24) is 5.32 Å². The molecule has 1 heteroatoms. The molecule has 19 heavy (non-hydrogen) atoms. The van der Waals surface area contributed by atoms with E-state index in [4.69, 9.17) is 0 Å². The SMILES string of the molecule is CCCCCCCCCCC(CCCCCC)NC. The second kappa shape index (κ2) is 16.0. The van der Waals surface area contributed by atoms with E-state index in [0.717, 1.165) is 6.04 Å². The highest BCUT2D eigenvalue weighted by atomic mass is 14.9. The van der Waals surface area contributed by atoms with Crippen molar-refractivity contribution in [2.45, 2.75) is 110 Å². The Labute approximate surface area is 122 Å². The highest BCUT2D eigenvalue weighted by molar-refractivity contribution is 4.64. The summed E-state index contributed by atoms with van der Waals surface area (Å²) in [6, 6.07) is 0.775. The van der Waals surface area contributed by atoms with Crippen LogP contribution in [0, 0.1) is 0 Å². The molecule has 0 radical (unpaired) electrons. The lowest BCUT2D eigenvalue weighted by atomic mass is 10.0. The first-order valence-electron chi connectivity index (χ1n) is 9.02. The highest BCUT2D eigenvalue weighted by Gasteiger charge is 2.04. The summed E-state index contributed by atoms with van der Waals surface area (Å²) in [5, 5.41) is 3.50. The number of nitrogens with one attached hydrogen (secondary N) is 1. The minimum absolute atomic E-state index is 0.775. The maximum Gasteiger partial charge on any atom is 0.00640 e. The van der Waals surface area contributed by atoms with E-state index >= 15 is 0 Å². The van der Waals surface area contributed by atoms with Crippen LogP contribution in [0.2, 0.25) is 0 Å². The van der Waals surface area contributed by atoms with Crippen molar-refractivity contribution >= 4 is 0 Å². The smallest absolute Gasteiger partial charge is 0.00640 e. The Balaban J connectivity index is 3.26. The first-order chi connectivity index (χ1) is 9.35. The molecule has 0 aromatic rings. The molecule has 0 spiro atoms. The van der Waals surface area contributed by atoms with Crippen LogP contribution >= 0.6 is 0 Å². The predicted molar refractivity (Wildman–Crippen MR) is 88.8 cm³/mol. The largest absolute Gasteiger partial charge is 0.317 e. The molecule has 0 aromatic heterocycles. The van der Waals surface area contributed by atoms with Gasteiger partial charge in [-0.05, 0) is 19.9 Å². The lowest BCUT2D eigenvalue weighted by Gasteiger charge is -2.15. The average molecular weight is 270 g/mol. The minimum atomic E-state index is 0.775. The molecule has 0 saturated carbocycles. The molecule has 116 valence electrons. The molecule has 1 atom stereocenters. The van der Waals surface area contributed by atoms with Gasteiger partial charge in [0.05, 0.1) is 0 Å². The van der Waals surface area contributed by atoms with Crippen LogP contribution in [0.5, 0.6) is 0 Å². The van der Waals surface area contributed by atoms with Crippen molar-refractivity contribution in [1.29, 1.82) is 0 Å². The van der Waals surface area contributed by atoms with Gasteiger partial charge in [0.25, 0.3) is 0 Å². The Morgan fingerprint density at radius 2 is 0.947 bits per heavy atom. The molecule has 0 bridgehead atoms. The normalized spacial score (nSPS) is 12.8. The van der Waals surface area contributed by atoms with Crippen LogP contribution in [0.25, 0.3) is 0 Å². The number of rotatable bonds is 15. The summed E-state index contributed by atoms with van der Waals surface area (Å²) in [6.45, 7) is 4.58. The van der Waals surface area contributed by atoms with E-state index in [1.54, 1.807) is 0 Å². The third-order valence-corrected chi connectivity index (χ3v) is 4.22. The Morgan fingerprint density at radius 1 is 0.579 bits per heavy atom. The third-order valence-electron chi connectivity index (χ3n) is 4.22. The van der Waals surface area contributed by atoms with Gasteiger partial charge in [-0.3, -0.25) is 0 Å². The van der Waals surface area contributed by atoms with Crippen LogP contribution < -0.4 is 5.32 Å².